The summed E-state index contributed by atoms with van der Waals surface area (Å²) in [5.74, 6) is 1.33. The number of amides is 1. The average molecular weight is 466 g/mol. The molecule has 1 saturated heterocycles. The van der Waals surface area contributed by atoms with Gasteiger partial charge in [-0.05, 0) is 61.0 Å². The smallest absolute Gasteiger partial charge is 0.271 e. The topological polar surface area (TPSA) is 72.4 Å². The summed E-state index contributed by atoms with van der Waals surface area (Å²) in [5, 5.41) is 5.29. The third-order valence-electron chi connectivity index (χ3n) is 5.05. The minimum Gasteiger partial charge on any atom is -0.494 e. The molecule has 0 saturated carbocycles. The predicted molar refractivity (Wildman–Crippen MR) is 131 cm³/mol. The predicted octanol–water partition coefficient (Wildman–Crippen LogP) is 4.33. The van der Waals surface area contributed by atoms with E-state index in [0.717, 1.165) is 48.2 Å². The number of hydrogen-bond donors (Lipinski definition) is 1. The SMILES string of the molecule is CCOc1ccc(OCc2ccc(C(=O)NN=Cc3ccc(N4CCOCC4)s3)cc2)cc1. The summed E-state index contributed by atoms with van der Waals surface area (Å²) in [6.07, 6.45) is 1.67. The lowest BCUT2D eigenvalue weighted by atomic mass is 10.1. The maximum Gasteiger partial charge on any atom is 0.271 e. The standard InChI is InChI=1S/C25H27N3O4S/c1-2-31-21-7-9-22(10-8-21)32-18-19-3-5-20(6-4-19)25(29)27-26-17-23-11-12-24(33-23)28-13-15-30-16-14-28/h3-12,17H,2,13-16,18H2,1H3,(H,27,29). The van der Waals surface area contributed by atoms with E-state index in [-0.39, 0.29) is 5.91 Å². The summed E-state index contributed by atoms with van der Waals surface area (Å²) >= 11 is 1.64. The molecule has 1 aromatic heterocycles. The van der Waals surface area contributed by atoms with E-state index >= 15 is 0 Å². The van der Waals surface area contributed by atoms with Crippen LogP contribution in [0.25, 0.3) is 0 Å². The molecule has 0 unspecified atom stereocenters. The number of carbonyl (C=O) groups is 1. The first-order chi connectivity index (χ1) is 16.2. The van der Waals surface area contributed by atoms with Crippen molar-refractivity contribution in [3.05, 3.63) is 76.7 Å². The maximum atomic E-state index is 12.4. The Kier molecular flexibility index (Phi) is 7.94. The molecular formula is C25H27N3O4S. The molecular weight excluding hydrogens is 438 g/mol. The Bertz CT molecular complexity index is 1060. The van der Waals surface area contributed by atoms with Crippen LogP contribution < -0.4 is 19.8 Å². The highest BCUT2D eigenvalue weighted by atomic mass is 32.1. The van der Waals surface area contributed by atoms with E-state index in [1.807, 2.05) is 49.4 Å². The van der Waals surface area contributed by atoms with Crippen molar-refractivity contribution in [3.8, 4) is 11.5 Å². The van der Waals surface area contributed by atoms with Crippen molar-refractivity contribution in [1.29, 1.82) is 0 Å². The molecule has 2 aromatic carbocycles. The van der Waals surface area contributed by atoms with Gasteiger partial charge in [0, 0.05) is 23.5 Å². The first kappa shape index (κ1) is 22.8. The molecule has 1 aliphatic rings. The van der Waals surface area contributed by atoms with Crippen LogP contribution in [0.3, 0.4) is 0 Å². The lowest BCUT2D eigenvalue weighted by Gasteiger charge is -2.27. The van der Waals surface area contributed by atoms with Gasteiger partial charge in [-0.3, -0.25) is 4.79 Å². The van der Waals surface area contributed by atoms with Crippen molar-refractivity contribution >= 4 is 28.5 Å². The fraction of sp³-hybridized carbons (Fsp3) is 0.280. The second kappa shape index (κ2) is 11.5. The number of carbonyl (C=O) groups excluding carboxylic acids is 1. The molecule has 33 heavy (non-hydrogen) atoms. The van der Waals surface area contributed by atoms with Gasteiger partial charge in [0.1, 0.15) is 18.1 Å². The zero-order chi connectivity index (χ0) is 22.9. The van der Waals surface area contributed by atoms with Gasteiger partial charge in [-0.15, -0.1) is 11.3 Å². The quantitative estimate of drug-likeness (QED) is 0.376. The van der Waals surface area contributed by atoms with Gasteiger partial charge in [0.25, 0.3) is 5.91 Å². The second-order valence-corrected chi connectivity index (χ2v) is 8.46. The number of benzene rings is 2. The van der Waals surface area contributed by atoms with E-state index in [4.69, 9.17) is 14.2 Å². The molecule has 1 aliphatic heterocycles. The highest BCUT2D eigenvalue weighted by Crippen LogP contribution is 2.25. The van der Waals surface area contributed by atoms with E-state index in [2.05, 4.69) is 21.5 Å². The van der Waals surface area contributed by atoms with E-state index in [0.29, 0.717) is 18.8 Å². The number of anilines is 1. The largest absolute Gasteiger partial charge is 0.494 e. The lowest BCUT2D eigenvalue weighted by Crippen LogP contribution is -2.35. The van der Waals surface area contributed by atoms with Crippen LogP contribution in [0, 0.1) is 0 Å². The van der Waals surface area contributed by atoms with Gasteiger partial charge >= 0.3 is 0 Å². The minimum absolute atomic E-state index is 0.254. The van der Waals surface area contributed by atoms with Crippen molar-refractivity contribution in [2.75, 3.05) is 37.8 Å². The summed E-state index contributed by atoms with van der Waals surface area (Å²) in [5.41, 5.74) is 4.10. The fourth-order valence-corrected chi connectivity index (χ4v) is 4.23. The number of thiophene rings is 1. The van der Waals surface area contributed by atoms with Gasteiger partial charge in [-0.25, -0.2) is 5.43 Å². The monoisotopic (exact) mass is 465 g/mol. The summed E-state index contributed by atoms with van der Waals surface area (Å²) in [6, 6.07) is 18.9. The first-order valence-electron chi connectivity index (χ1n) is 10.9. The van der Waals surface area contributed by atoms with Crippen LogP contribution >= 0.6 is 11.3 Å². The number of hydrogen-bond acceptors (Lipinski definition) is 7. The summed E-state index contributed by atoms with van der Waals surface area (Å²) in [7, 11) is 0. The lowest BCUT2D eigenvalue weighted by molar-refractivity contribution is 0.0955. The van der Waals surface area contributed by atoms with Crippen molar-refractivity contribution in [2.24, 2.45) is 5.10 Å². The van der Waals surface area contributed by atoms with Gasteiger partial charge in [-0.2, -0.15) is 5.10 Å². The molecule has 1 fully saturated rings. The number of nitrogens with zero attached hydrogens (tertiary/aromatic N) is 2. The highest BCUT2D eigenvalue weighted by molar-refractivity contribution is 7.17. The zero-order valence-electron chi connectivity index (χ0n) is 18.5. The van der Waals surface area contributed by atoms with Crippen molar-refractivity contribution in [1.82, 2.24) is 5.43 Å². The third kappa shape index (κ3) is 6.57. The molecule has 1 amide bonds. The van der Waals surface area contributed by atoms with E-state index in [9.17, 15) is 4.79 Å². The number of hydrazone groups is 1. The molecule has 0 atom stereocenters. The number of morpholine rings is 1. The molecule has 2 heterocycles. The summed E-state index contributed by atoms with van der Waals surface area (Å²) in [4.78, 5) is 15.7. The first-order valence-corrected chi connectivity index (χ1v) is 11.7. The van der Waals surface area contributed by atoms with Gasteiger partial charge in [0.15, 0.2) is 0 Å². The molecule has 1 N–H and O–H groups in total. The molecule has 4 rings (SSSR count). The summed E-state index contributed by atoms with van der Waals surface area (Å²) in [6.45, 7) is 6.30. The Balaban J connectivity index is 1.24. The van der Waals surface area contributed by atoms with Crippen LogP contribution in [-0.2, 0) is 11.3 Å². The minimum atomic E-state index is -0.254. The maximum absolute atomic E-state index is 12.4. The summed E-state index contributed by atoms with van der Waals surface area (Å²) < 4.78 is 16.6. The Morgan fingerprint density at radius 1 is 1.03 bits per heavy atom. The van der Waals surface area contributed by atoms with Crippen LogP contribution in [0.2, 0.25) is 0 Å². The number of rotatable bonds is 9. The Morgan fingerprint density at radius 2 is 1.73 bits per heavy atom. The van der Waals surface area contributed by atoms with Crippen LogP contribution in [0.1, 0.15) is 27.7 Å². The van der Waals surface area contributed by atoms with Crippen molar-refractivity contribution < 1.29 is 19.0 Å². The fourth-order valence-electron chi connectivity index (χ4n) is 3.30. The molecule has 0 bridgehead atoms. The second-order valence-electron chi connectivity index (χ2n) is 7.36. The van der Waals surface area contributed by atoms with Crippen LogP contribution in [0.5, 0.6) is 11.5 Å². The average Bonchev–Trinajstić information content (AvgIpc) is 3.34. The van der Waals surface area contributed by atoms with Gasteiger partial charge < -0.3 is 19.1 Å². The Morgan fingerprint density at radius 3 is 2.42 bits per heavy atom. The Labute approximate surface area is 197 Å². The Hall–Kier alpha value is -3.36. The highest BCUT2D eigenvalue weighted by Gasteiger charge is 2.12. The molecule has 172 valence electrons. The van der Waals surface area contributed by atoms with Crippen LogP contribution in [0.15, 0.2) is 65.8 Å². The van der Waals surface area contributed by atoms with Crippen LogP contribution in [-0.4, -0.2) is 45.0 Å². The van der Waals surface area contributed by atoms with E-state index in [1.54, 1.807) is 29.7 Å². The van der Waals surface area contributed by atoms with Gasteiger partial charge in [0.05, 0.1) is 31.0 Å². The third-order valence-corrected chi connectivity index (χ3v) is 6.13. The molecule has 8 heteroatoms. The van der Waals surface area contributed by atoms with Crippen LogP contribution in [0.4, 0.5) is 5.00 Å². The number of nitrogens with one attached hydrogen (secondary N) is 1. The molecule has 0 radical (unpaired) electrons. The van der Waals surface area contributed by atoms with Crippen molar-refractivity contribution in [3.63, 3.8) is 0 Å². The van der Waals surface area contributed by atoms with E-state index in [1.165, 1.54) is 5.00 Å². The molecule has 0 spiro atoms. The van der Waals surface area contributed by atoms with Gasteiger partial charge in [-0.1, -0.05) is 12.1 Å². The molecule has 0 aliphatic carbocycles. The van der Waals surface area contributed by atoms with Crippen molar-refractivity contribution in [2.45, 2.75) is 13.5 Å². The van der Waals surface area contributed by atoms with E-state index < -0.39 is 0 Å². The number of ether oxygens (including phenoxy) is 3. The van der Waals surface area contributed by atoms with Gasteiger partial charge in [0.2, 0.25) is 0 Å². The molecule has 7 nitrogen and oxygen atoms in total. The zero-order valence-corrected chi connectivity index (χ0v) is 19.3. The molecule has 3 aromatic rings. The normalized spacial score (nSPS) is 13.8.